The fraction of sp³-hybridized carbons (Fsp3) is 0.875. The zero-order chi connectivity index (χ0) is 15.9. The maximum atomic E-state index is 11.7. The summed E-state index contributed by atoms with van der Waals surface area (Å²) in [7, 11) is 1.72. The van der Waals surface area contributed by atoms with Crippen molar-refractivity contribution in [2.24, 2.45) is 10.9 Å². The fourth-order valence-electron chi connectivity index (χ4n) is 2.64. The highest BCUT2D eigenvalue weighted by Crippen LogP contribution is 2.26. The zero-order valence-electron chi connectivity index (χ0n) is 14.6. The smallest absolute Gasteiger partial charge is 0.325 e. The van der Waals surface area contributed by atoms with Gasteiger partial charge in [0.05, 0.1) is 0 Å². The van der Waals surface area contributed by atoms with E-state index in [9.17, 15) is 4.79 Å². The summed E-state index contributed by atoms with van der Waals surface area (Å²) in [6.07, 6.45) is 6.17. The molecule has 22 heavy (non-hydrogen) atoms. The van der Waals surface area contributed by atoms with Gasteiger partial charge in [-0.2, -0.15) is 0 Å². The summed E-state index contributed by atoms with van der Waals surface area (Å²) in [6, 6.07) is 0.456. The molecule has 0 aromatic heterocycles. The summed E-state index contributed by atoms with van der Waals surface area (Å²) >= 11 is 0. The second-order valence-electron chi connectivity index (χ2n) is 6.78. The third-order valence-electron chi connectivity index (χ3n) is 3.81. The Morgan fingerprint density at radius 2 is 1.82 bits per heavy atom. The van der Waals surface area contributed by atoms with E-state index in [1.165, 1.54) is 32.1 Å². The number of aliphatic imine (C=N–C) groups is 1. The van der Waals surface area contributed by atoms with Gasteiger partial charge in [0.15, 0.2) is 5.96 Å². The Bertz CT molecular complexity index is 359. The number of carbonyl (C=O) groups is 1. The second-order valence-corrected chi connectivity index (χ2v) is 6.78. The van der Waals surface area contributed by atoms with Crippen molar-refractivity contribution in [3.8, 4) is 0 Å². The molecular weight excluding hydrogens is 393 g/mol. The Hall–Kier alpha value is -0.530. The van der Waals surface area contributed by atoms with Gasteiger partial charge in [0.2, 0.25) is 0 Å². The van der Waals surface area contributed by atoms with Crippen LogP contribution in [0.25, 0.3) is 0 Å². The van der Waals surface area contributed by atoms with Gasteiger partial charge in [-0.05, 0) is 52.4 Å². The van der Waals surface area contributed by atoms with Crippen molar-refractivity contribution < 1.29 is 9.53 Å². The number of esters is 1. The molecule has 0 atom stereocenters. The Kier molecular flexibility index (Phi) is 10.0. The van der Waals surface area contributed by atoms with Crippen molar-refractivity contribution in [2.45, 2.75) is 71.4 Å². The van der Waals surface area contributed by atoms with Crippen LogP contribution >= 0.6 is 24.0 Å². The van der Waals surface area contributed by atoms with E-state index in [1.807, 2.05) is 20.8 Å². The molecule has 0 amide bonds. The summed E-state index contributed by atoms with van der Waals surface area (Å²) in [5.41, 5.74) is -0.450. The number of hydrogen-bond acceptors (Lipinski definition) is 3. The Morgan fingerprint density at radius 1 is 1.23 bits per heavy atom. The first-order valence-electron chi connectivity index (χ1n) is 8.03. The van der Waals surface area contributed by atoms with E-state index < -0.39 is 5.60 Å². The van der Waals surface area contributed by atoms with Crippen molar-refractivity contribution in [1.29, 1.82) is 0 Å². The molecule has 0 aliphatic heterocycles. The molecule has 130 valence electrons. The van der Waals surface area contributed by atoms with Crippen molar-refractivity contribution in [2.75, 3.05) is 13.6 Å². The predicted octanol–water partition coefficient (Wildman–Crippen LogP) is 3.08. The van der Waals surface area contributed by atoms with E-state index in [-0.39, 0.29) is 36.5 Å². The highest BCUT2D eigenvalue weighted by Gasteiger charge is 2.21. The van der Waals surface area contributed by atoms with E-state index >= 15 is 0 Å². The van der Waals surface area contributed by atoms with Crippen LogP contribution < -0.4 is 10.6 Å². The fourth-order valence-corrected chi connectivity index (χ4v) is 2.64. The van der Waals surface area contributed by atoms with Gasteiger partial charge >= 0.3 is 5.97 Å². The lowest BCUT2D eigenvalue weighted by atomic mass is 9.84. The molecule has 6 heteroatoms. The molecule has 1 saturated carbocycles. The molecule has 5 nitrogen and oxygen atoms in total. The van der Waals surface area contributed by atoms with Crippen LogP contribution in [-0.2, 0) is 9.53 Å². The number of hydrogen-bond donors (Lipinski definition) is 2. The molecule has 0 saturated heterocycles. The normalized spacial score (nSPS) is 22.5. The molecule has 1 aliphatic carbocycles. The first-order chi connectivity index (χ1) is 9.84. The second kappa shape index (κ2) is 10.3. The van der Waals surface area contributed by atoms with Gasteiger partial charge in [0.25, 0.3) is 0 Å². The van der Waals surface area contributed by atoms with Crippen LogP contribution in [0.15, 0.2) is 4.99 Å². The summed E-state index contributed by atoms with van der Waals surface area (Å²) in [5, 5.41) is 6.43. The summed E-state index contributed by atoms with van der Waals surface area (Å²) in [5.74, 6) is 1.29. The van der Waals surface area contributed by atoms with Gasteiger partial charge < -0.3 is 15.4 Å². The molecular formula is C16H32IN3O2. The summed E-state index contributed by atoms with van der Waals surface area (Å²) in [6.45, 7) is 8.00. The van der Waals surface area contributed by atoms with Gasteiger partial charge in [-0.25, -0.2) is 0 Å². The summed E-state index contributed by atoms with van der Waals surface area (Å²) in [4.78, 5) is 15.9. The van der Waals surface area contributed by atoms with Crippen LogP contribution in [0.4, 0.5) is 0 Å². The zero-order valence-corrected chi connectivity index (χ0v) is 16.9. The minimum absolute atomic E-state index is 0. The van der Waals surface area contributed by atoms with Crippen LogP contribution in [0.1, 0.15) is 59.8 Å². The molecule has 0 heterocycles. The number of nitrogens with one attached hydrogen (secondary N) is 2. The Labute approximate surface area is 152 Å². The number of rotatable bonds is 4. The summed E-state index contributed by atoms with van der Waals surface area (Å²) < 4.78 is 5.27. The topological polar surface area (TPSA) is 62.7 Å². The maximum absolute atomic E-state index is 11.7. The molecule has 1 aliphatic rings. The van der Waals surface area contributed by atoms with Crippen molar-refractivity contribution in [1.82, 2.24) is 10.6 Å². The lowest BCUT2D eigenvalue weighted by molar-refractivity contribution is -0.153. The van der Waals surface area contributed by atoms with E-state index in [1.54, 1.807) is 7.05 Å². The molecule has 0 radical (unpaired) electrons. The van der Waals surface area contributed by atoms with E-state index in [0.29, 0.717) is 12.0 Å². The highest BCUT2D eigenvalue weighted by atomic mass is 127. The third kappa shape index (κ3) is 8.80. The van der Waals surface area contributed by atoms with Crippen LogP contribution in [0, 0.1) is 5.92 Å². The molecule has 1 fully saturated rings. The van der Waals surface area contributed by atoms with Crippen LogP contribution in [-0.4, -0.2) is 37.2 Å². The number of guanidine groups is 1. The molecule has 0 aromatic rings. The van der Waals surface area contributed by atoms with Crippen LogP contribution in [0.2, 0.25) is 0 Å². The van der Waals surface area contributed by atoms with Gasteiger partial charge in [-0.15, -0.1) is 24.0 Å². The van der Waals surface area contributed by atoms with Gasteiger partial charge in [0, 0.05) is 13.1 Å². The number of halogens is 1. The van der Waals surface area contributed by atoms with E-state index in [0.717, 1.165) is 5.92 Å². The third-order valence-corrected chi connectivity index (χ3v) is 3.81. The quantitative estimate of drug-likeness (QED) is 0.315. The molecule has 0 unspecified atom stereocenters. The van der Waals surface area contributed by atoms with Gasteiger partial charge in [0.1, 0.15) is 12.1 Å². The van der Waals surface area contributed by atoms with Gasteiger partial charge in [-0.1, -0.05) is 13.3 Å². The lowest BCUT2D eigenvalue weighted by Gasteiger charge is -2.29. The van der Waals surface area contributed by atoms with E-state index in [4.69, 9.17) is 4.74 Å². The lowest BCUT2D eigenvalue weighted by Crippen LogP contribution is -2.46. The molecule has 0 spiro atoms. The highest BCUT2D eigenvalue weighted by molar-refractivity contribution is 14.0. The molecule has 2 N–H and O–H groups in total. The van der Waals surface area contributed by atoms with Crippen molar-refractivity contribution in [3.63, 3.8) is 0 Å². The molecule has 0 aromatic carbocycles. The number of carbonyl (C=O) groups excluding carboxylic acids is 1. The maximum Gasteiger partial charge on any atom is 0.325 e. The number of ether oxygens (including phenoxy) is 1. The number of nitrogens with zero attached hydrogens (tertiary/aromatic N) is 1. The monoisotopic (exact) mass is 425 g/mol. The van der Waals surface area contributed by atoms with Gasteiger partial charge in [-0.3, -0.25) is 9.79 Å². The Balaban J connectivity index is 0.00000441. The first-order valence-corrected chi connectivity index (χ1v) is 8.03. The van der Waals surface area contributed by atoms with Crippen LogP contribution in [0.5, 0.6) is 0 Å². The Morgan fingerprint density at radius 3 is 2.27 bits per heavy atom. The average Bonchev–Trinajstić information content (AvgIpc) is 2.42. The predicted molar refractivity (Wildman–Crippen MR) is 102 cm³/mol. The SMILES string of the molecule is CCC1CCC(NC(=NC)NCC(=O)OC(C)(C)C)CC1.I. The van der Waals surface area contributed by atoms with E-state index in [2.05, 4.69) is 22.5 Å². The molecule has 1 rings (SSSR count). The minimum atomic E-state index is -0.450. The molecule has 0 bridgehead atoms. The standard InChI is InChI=1S/C16H31N3O2.HI/c1-6-12-7-9-13(10-8-12)19-15(17-5)18-11-14(20)21-16(2,3)4;/h12-13H,6-11H2,1-5H3,(H2,17,18,19);1H. The van der Waals surface area contributed by atoms with Crippen LogP contribution in [0.3, 0.4) is 0 Å². The average molecular weight is 425 g/mol. The largest absolute Gasteiger partial charge is 0.459 e. The minimum Gasteiger partial charge on any atom is -0.459 e. The van der Waals surface area contributed by atoms with Crippen molar-refractivity contribution in [3.05, 3.63) is 0 Å². The van der Waals surface area contributed by atoms with Crippen molar-refractivity contribution >= 4 is 35.9 Å². The first kappa shape index (κ1) is 21.5.